The fraction of sp³-hybridized carbons (Fsp3) is 0.250. The lowest BCUT2D eigenvalue weighted by atomic mass is 10.1. The van der Waals surface area contributed by atoms with Gasteiger partial charge < -0.3 is 9.88 Å². The molecule has 3 nitrogen and oxygen atoms in total. The molecule has 0 aliphatic carbocycles. The van der Waals surface area contributed by atoms with Crippen molar-refractivity contribution in [3.8, 4) is 11.3 Å². The van der Waals surface area contributed by atoms with Crippen LogP contribution in [0.3, 0.4) is 0 Å². The molecule has 1 aliphatic rings. The number of nitrogens with one attached hydrogen (secondary N) is 1. The predicted octanol–water partition coefficient (Wildman–Crippen LogP) is 2.31. The Bertz CT molecular complexity index is 501. The second-order valence-corrected chi connectivity index (χ2v) is 4.35. The first-order valence-electron chi connectivity index (χ1n) is 5.35. The average Bonchev–Trinajstić information content (AvgIpc) is 2.74. The monoisotopic (exact) mass is 233 g/mol. The summed E-state index contributed by atoms with van der Waals surface area (Å²) in [5.74, 6) is 0. The lowest BCUT2D eigenvalue weighted by Gasteiger charge is -2.16. The maximum Gasteiger partial charge on any atom is 0.0956 e. The van der Waals surface area contributed by atoms with Crippen LogP contribution in [0.4, 0.5) is 0 Å². The molecule has 0 fully saturated rings. The van der Waals surface area contributed by atoms with Gasteiger partial charge in [-0.05, 0) is 12.1 Å². The van der Waals surface area contributed by atoms with E-state index in [9.17, 15) is 0 Å². The molecule has 0 spiro atoms. The predicted molar refractivity (Wildman–Crippen MR) is 64.4 cm³/mol. The van der Waals surface area contributed by atoms with Crippen LogP contribution < -0.4 is 5.32 Å². The summed E-state index contributed by atoms with van der Waals surface area (Å²) in [6.45, 7) is 2.90. The molecule has 0 atom stereocenters. The van der Waals surface area contributed by atoms with Crippen LogP contribution in [0.1, 0.15) is 5.69 Å². The molecule has 2 aromatic rings. The molecule has 1 N–H and O–H groups in total. The zero-order chi connectivity index (χ0) is 11.0. The molecule has 1 aliphatic heterocycles. The van der Waals surface area contributed by atoms with E-state index < -0.39 is 0 Å². The smallest absolute Gasteiger partial charge is 0.0956 e. The normalized spacial score (nSPS) is 14.8. The first-order valence-corrected chi connectivity index (χ1v) is 5.73. The van der Waals surface area contributed by atoms with E-state index in [1.165, 1.54) is 5.69 Å². The third-order valence-corrected chi connectivity index (χ3v) is 3.14. The molecule has 0 unspecified atom stereocenters. The minimum atomic E-state index is 0.759. The molecule has 82 valence electrons. The van der Waals surface area contributed by atoms with Crippen molar-refractivity contribution < 1.29 is 0 Å². The van der Waals surface area contributed by atoms with Crippen molar-refractivity contribution in [3.63, 3.8) is 0 Å². The number of aromatic nitrogens is 2. The Balaban J connectivity index is 2.06. The highest BCUT2D eigenvalue weighted by Crippen LogP contribution is 2.24. The molecule has 0 amide bonds. The van der Waals surface area contributed by atoms with Crippen molar-refractivity contribution in [3.05, 3.63) is 41.3 Å². The minimum Gasteiger partial charge on any atom is -0.332 e. The Kier molecular flexibility index (Phi) is 2.42. The van der Waals surface area contributed by atoms with Crippen LogP contribution in [-0.2, 0) is 13.1 Å². The second kappa shape index (κ2) is 3.92. The topological polar surface area (TPSA) is 29.9 Å². The van der Waals surface area contributed by atoms with Crippen molar-refractivity contribution in [2.75, 3.05) is 6.54 Å². The Labute approximate surface area is 99.1 Å². The maximum atomic E-state index is 5.88. The quantitative estimate of drug-likeness (QED) is 0.819. The van der Waals surface area contributed by atoms with Crippen molar-refractivity contribution in [2.45, 2.75) is 13.1 Å². The molecule has 4 heteroatoms. The maximum absolute atomic E-state index is 5.88. The Morgan fingerprint density at radius 2 is 2.06 bits per heavy atom. The van der Waals surface area contributed by atoms with Crippen LogP contribution in [0.25, 0.3) is 11.3 Å². The second-order valence-electron chi connectivity index (χ2n) is 3.92. The van der Waals surface area contributed by atoms with Gasteiger partial charge in [-0.2, -0.15) is 0 Å². The lowest BCUT2D eigenvalue weighted by molar-refractivity contribution is 0.517. The summed E-state index contributed by atoms with van der Waals surface area (Å²) in [5, 5.41) is 4.12. The highest BCUT2D eigenvalue weighted by atomic mass is 35.5. The molecule has 1 aromatic heterocycles. The number of nitrogens with zero attached hydrogens (tertiary/aromatic N) is 2. The van der Waals surface area contributed by atoms with Gasteiger partial charge in [-0.15, -0.1) is 0 Å². The number of rotatable bonds is 1. The van der Waals surface area contributed by atoms with Crippen molar-refractivity contribution in [1.29, 1.82) is 0 Å². The Hall–Kier alpha value is -1.32. The van der Waals surface area contributed by atoms with Gasteiger partial charge in [0.1, 0.15) is 0 Å². The molecule has 0 bridgehead atoms. The first-order chi connectivity index (χ1) is 7.84. The van der Waals surface area contributed by atoms with Gasteiger partial charge in [0.05, 0.1) is 17.7 Å². The van der Waals surface area contributed by atoms with E-state index in [0.29, 0.717) is 0 Å². The van der Waals surface area contributed by atoms with Crippen molar-refractivity contribution >= 4 is 11.6 Å². The molecule has 3 rings (SSSR count). The molecule has 0 radical (unpaired) electrons. The number of hydrogen-bond acceptors (Lipinski definition) is 2. The van der Waals surface area contributed by atoms with Crippen LogP contribution in [0.2, 0.25) is 5.02 Å². The van der Waals surface area contributed by atoms with Crippen molar-refractivity contribution in [1.82, 2.24) is 14.9 Å². The van der Waals surface area contributed by atoms with Gasteiger partial charge in [-0.25, -0.2) is 4.98 Å². The highest BCUT2D eigenvalue weighted by Gasteiger charge is 2.15. The van der Waals surface area contributed by atoms with Gasteiger partial charge >= 0.3 is 0 Å². The number of fused-ring (bicyclic) bond motifs is 1. The summed E-state index contributed by atoms with van der Waals surface area (Å²) in [6, 6.07) is 7.83. The molecular weight excluding hydrogens is 222 g/mol. The van der Waals surface area contributed by atoms with Crippen molar-refractivity contribution in [2.24, 2.45) is 0 Å². The fourth-order valence-corrected chi connectivity index (χ4v) is 2.17. The van der Waals surface area contributed by atoms with E-state index in [-0.39, 0.29) is 0 Å². The van der Waals surface area contributed by atoms with Crippen LogP contribution in [0.5, 0.6) is 0 Å². The summed E-state index contributed by atoms with van der Waals surface area (Å²) in [5.41, 5.74) is 3.44. The zero-order valence-electron chi connectivity index (χ0n) is 8.78. The van der Waals surface area contributed by atoms with Gasteiger partial charge in [0.15, 0.2) is 0 Å². The van der Waals surface area contributed by atoms with Gasteiger partial charge in [-0.3, -0.25) is 0 Å². The number of hydrogen-bond donors (Lipinski definition) is 1. The summed E-state index contributed by atoms with van der Waals surface area (Å²) in [7, 11) is 0. The molecule has 0 saturated heterocycles. The standard InChI is InChI=1S/C12H12ClN3/c13-10-3-1-9(2-4-10)12-11-7-14-5-6-16(11)8-15-12/h1-4,8,14H,5-7H2. The van der Waals surface area contributed by atoms with Crippen LogP contribution in [0.15, 0.2) is 30.6 Å². The molecule has 2 heterocycles. The van der Waals surface area contributed by atoms with E-state index in [1.807, 2.05) is 30.6 Å². The van der Waals surface area contributed by atoms with E-state index in [4.69, 9.17) is 11.6 Å². The summed E-state index contributed by atoms with van der Waals surface area (Å²) in [6.07, 6.45) is 1.92. The number of benzene rings is 1. The first kappa shape index (κ1) is 9.87. The molecule has 0 saturated carbocycles. The van der Waals surface area contributed by atoms with Gasteiger partial charge in [0.2, 0.25) is 0 Å². The summed E-state index contributed by atoms with van der Waals surface area (Å²) < 4.78 is 2.21. The largest absolute Gasteiger partial charge is 0.332 e. The zero-order valence-corrected chi connectivity index (χ0v) is 9.54. The number of halogens is 1. The van der Waals surface area contributed by atoms with Gasteiger partial charge in [0.25, 0.3) is 0 Å². The van der Waals surface area contributed by atoms with E-state index in [2.05, 4.69) is 14.9 Å². The molecular formula is C12H12ClN3. The fourth-order valence-electron chi connectivity index (χ4n) is 2.04. The third-order valence-electron chi connectivity index (χ3n) is 2.89. The van der Waals surface area contributed by atoms with Crippen LogP contribution >= 0.6 is 11.6 Å². The third kappa shape index (κ3) is 1.62. The van der Waals surface area contributed by atoms with Crippen LogP contribution in [-0.4, -0.2) is 16.1 Å². The summed E-state index contributed by atoms with van der Waals surface area (Å²) in [4.78, 5) is 4.48. The average molecular weight is 234 g/mol. The Morgan fingerprint density at radius 1 is 1.25 bits per heavy atom. The van der Waals surface area contributed by atoms with Crippen LogP contribution in [0, 0.1) is 0 Å². The number of imidazole rings is 1. The minimum absolute atomic E-state index is 0.759. The van der Waals surface area contributed by atoms with E-state index in [0.717, 1.165) is 35.9 Å². The molecule has 1 aromatic carbocycles. The summed E-state index contributed by atoms with van der Waals surface area (Å²) >= 11 is 5.88. The highest BCUT2D eigenvalue weighted by molar-refractivity contribution is 6.30. The van der Waals surface area contributed by atoms with Gasteiger partial charge in [0, 0.05) is 30.2 Å². The van der Waals surface area contributed by atoms with Gasteiger partial charge in [-0.1, -0.05) is 23.7 Å². The lowest BCUT2D eigenvalue weighted by Crippen LogP contribution is -2.27. The SMILES string of the molecule is Clc1ccc(-c2ncn3c2CNCC3)cc1. The molecule has 16 heavy (non-hydrogen) atoms. The Morgan fingerprint density at radius 3 is 2.88 bits per heavy atom. The van der Waals surface area contributed by atoms with E-state index in [1.54, 1.807) is 0 Å². The van der Waals surface area contributed by atoms with E-state index >= 15 is 0 Å².